The van der Waals surface area contributed by atoms with Crippen LogP contribution in [0, 0.1) is 0 Å². The van der Waals surface area contributed by atoms with Gasteiger partial charge in [-0.1, -0.05) is 12.1 Å². The van der Waals surface area contributed by atoms with Crippen molar-refractivity contribution in [3.63, 3.8) is 0 Å². The van der Waals surface area contributed by atoms with Gasteiger partial charge < -0.3 is 19.5 Å². The lowest BCUT2D eigenvalue weighted by Crippen LogP contribution is -2.10. The van der Waals surface area contributed by atoms with Gasteiger partial charge >= 0.3 is 0 Å². The maximum Gasteiger partial charge on any atom is 0.248 e. The van der Waals surface area contributed by atoms with Crippen LogP contribution in [0.5, 0.6) is 17.2 Å². The fraction of sp³-hybridized carbons (Fsp3) is 0.250. The average molecular weight is 341 g/mol. The summed E-state index contributed by atoms with van der Waals surface area (Å²) in [6.45, 7) is 4.87. The van der Waals surface area contributed by atoms with Crippen LogP contribution in [0.25, 0.3) is 6.08 Å². The highest BCUT2D eigenvalue weighted by atomic mass is 16.5. The lowest BCUT2D eigenvalue weighted by Gasteiger charge is -2.12. The molecule has 0 aliphatic heterocycles. The Morgan fingerprint density at radius 3 is 2.56 bits per heavy atom. The van der Waals surface area contributed by atoms with Crippen molar-refractivity contribution in [2.24, 2.45) is 0 Å². The monoisotopic (exact) mass is 341 g/mol. The van der Waals surface area contributed by atoms with Crippen molar-refractivity contribution in [3.05, 3.63) is 54.1 Å². The van der Waals surface area contributed by atoms with Gasteiger partial charge in [-0.05, 0) is 49.8 Å². The first kappa shape index (κ1) is 18.4. The predicted molar refractivity (Wildman–Crippen MR) is 99.4 cm³/mol. The van der Waals surface area contributed by atoms with Crippen molar-refractivity contribution in [1.29, 1.82) is 0 Å². The Morgan fingerprint density at radius 1 is 1.04 bits per heavy atom. The third-order valence-electron chi connectivity index (χ3n) is 3.34. The van der Waals surface area contributed by atoms with Crippen LogP contribution in [-0.4, -0.2) is 26.2 Å². The van der Waals surface area contributed by atoms with Crippen molar-refractivity contribution in [2.45, 2.75) is 13.8 Å². The van der Waals surface area contributed by atoms with Crippen molar-refractivity contribution in [3.8, 4) is 17.2 Å². The molecule has 0 heterocycles. The van der Waals surface area contributed by atoms with Crippen LogP contribution in [0.3, 0.4) is 0 Å². The molecule has 0 fully saturated rings. The first-order chi connectivity index (χ1) is 12.2. The van der Waals surface area contributed by atoms with Gasteiger partial charge in [-0.3, -0.25) is 4.79 Å². The lowest BCUT2D eigenvalue weighted by atomic mass is 10.2. The Bertz CT molecular complexity index is 740. The van der Waals surface area contributed by atoms with E-state index in [9.17, 15) is 4.79 Å². The fourth-order valence-corrected chi connectivity index (χ4v) is 2.24. The SMILES string of the molecule is CCOc1ccc(OCC)c(NC(=O)/C=C/c2cccc(OC)c2)c1. The van der Waals surface area contributed by atoms with Gasteiger partial charge in [-0.2, -0.15) is 0 Å². The topological polar surface area (TPSA) is 56.8 Å². The molecule has 1 N–H and O–H groups in total. The van der Waals surface area contributed by atoms with Crippen molar-refractivity contribution in [1.82, 2.24) is 0 Å². The van der Waals surface area contributed by atoms with Crippen LogP contribution >= 0.6 is 0 Å². The molecular weight excluding hydrogens is 318 g/mol. The van der Waals surface area contributed by atoms with Gasteiger partial charge in [-0.15, -0.1) is 0 Å². The Labute approximate surface area is 148 Å². The lowest BCUT2D eigenvalue weighted by molar-refractivity contribution is -0.111. The zero-order valence-electron chi connectivity index (χ0n) is 14.7. The van der Waals surface area contributed by atoms with Gasteiger partial charge in [0.25, 0.3) is 0 Å². The molecule has 0 saturated heterocycles. The van der Waals surface area contributed by atoms with E-state index in [1.165, 1.54) is 6.08 Å². The Hall–Kier alpha value is -2.95. The second kappa shape index (κ2) is 9.37. The quantitative estimate of drug-likeness (QED) is 0.733. The minimum absolute atomic E-state index is 0.252. The molecule has 0 saturated carbocycles. The number of carbonyl (C=O) groups excluding carboxylic acids is 1. The molecule has 132 valence electrons. The summed E-state index contributed by atoms with van der Waals surface area (Å²) in [6.07, 6.45) is 3.20. The van der Waals surface area contributed by atoms with E-state index in [0.717, 1.165) is 11.3 Å². The molecule has 0 aliphatic rings. The number of rotatable bonds is 8. The number of hydrogen-bond donors (Lipinski definition) is 1. The number of anilines is 1. The molecule has 1 amide bonds. The summed E-state index contributed by atoms with van der Waals surface area (Å²) in [5.74, 6) is 1.77. The fourth-order valence-electron chi connectivity index (χ4n) is 2.24. The third kappa shape index (κ3) is 5.57. The number of amides is 1. The highest BCUT2D eigenvalue weighted by Gasteiger charge is 2.08. The van der Waals surface area contributed by atoms with E-state index in [-0.39, 0.29) is 5.91 Å². The molecule has 0 aliphatic carbocycles. The van der Waals surface area contributed by atoms with Crippen molar-refractivity contribution in [2.75, 3.05) is 25.6 Å². The molecule has 0 spiro atoms. The zero-order chi connectivity index (χ0) is 18.1. The molecule has 5 nitrogen and oxygen atoms in total. The number of benzene rings is 2. The molecule has 2 aromatic carbocycles. The highest BCUT2D eigenvalue weighted by Crippen LogP contribution is 2.29. The largest absolute Gasteiger partial charge is 0.497 e. The summed E-state index contributed by atoms with van der Waals surface area (Å²) in [4.78, 5) is 12.2. The summed E-state index contributed by atoms with van der Waals surface area (Å²) >= 11 is 0. The second-order valence-corrected chi connectivity index (χ2v) is 5.12. The maximum atomic E-state index is 12.2. The standard InChI is InChI=1S/C20H23NO4/c1-4-24-17-10-11-19(25-5-2)18(14-17)21-20(22)12-9-15-7-6-8-16(13-15)23-3/h6-14H,4-5H2,1-3H3,(H,21,22)/b12-9+. The second-order valence-electron chi connectivity index (χ2n) is 5.12. The highest BCUT2D eigenvalue weighted by molar-refractivity contribution is 6.02. The van der Waals surface area contributed by atoms with E-state index in [4.69, 9.17) is 14.2 Å². The average Bonchev–Trinajstić information content (AvgIpc) is 2.63. The van der Waals surface area contributed by atoms with E-state index < -0.39 is 0 Å². The molecule has 25 heavy (non-hydrogen) atoms. The minimum Gasteiger partial charge on any atom is -0.497 e. The van der Waals surface area contributed by atoms with Gasteiger partial charge in [0, 0.05) is 12.1 Å². The van der Waals surface area contributed by atoms with Gasteiger partial charge in [0.1, 0.15) is 17.2 Å². The van der Waals surface area contributed by atoms with E-state index >= 15 is 0 Å². The first-order valence-corrected chi connectivity index (χ1v) is 8.19. The number of hydrogen-bond acceptors (Lipinski definition) is 4. The molecule has 5 heteroatoms. The summed E-state index contributed by atoms with van der Waals surface area (Å²) in [5.41, 5.74) is 1.45. The molecular formula is C20H23NO4. The minimum atomic E-state index is -0.252. The molecule has 0 radical (unpaired) electrons. The van der Waals surface area contributed by atoms with Gasteiger partial charge in [-0.25, -0.2) is 0 Å². The van der Waals surface area contributed by atoms with Crippen molar-refractivity contribution >= 4 is 17.7 Å². The summed E-state index contributed by atoms with van der Waals surface area (Å²) < 4.78 is 16.2. The predicted octanol–water partition coefficient (Wildman–Crippen LogP) is 4.14. The van der Waals surface area contributed by atoms with Crippen molar-refractivity contribution < 1.29 is 19.0 Å². The molecule has 2 rings (SSSR count). The Kier molecular flexibility index (Phi) is 6.89. The number of carbonyl (C=O) groups is 1. The van der Waals surface area contributed by atoms with Gasteiger partial charge in [0.05, 0.1) is 26.0 Å². The maximum absolute atomic E-state index is 12.2. The molecule has 0 bridgehead atoms. The normalized spacial score (nSPS) is 10.5. The van der Waals surface area contributed by atoms with E-state index in [1.54, 1.807) is 25.3 Å². The van der Waals surface area contributed by atoms with Crippen LogP contribution in [0.1, 0.15) is 19.4 Å². The van der Waals surface area contributed by atoms with Crippen LogP contribution < -0.4 is 19.5 Å². The molecule has 0 unspecified atom stereocenters. The molecule has 0 atom stereocenters. The molecule has 2 aromatic rings. The summed E-state index contributed by atoms with van der Waals surface area (Å²) in [7, 11) is 1.61. The smallest absolute Gasteiger partial charge is 0.248 e. The van der Waals surface area contributed by atoms with Crippen LogP contribution in [0.2, 0.25) is 0 Å². The Morgan fingerprint density at radius 2 is 1.84 bits per heavy atom. The summed E-state index contributed by atoms with van der Waals surface area (Å²) in [5, 5.41) is 2.83. The number of nitrogens with one attached hydrogen (secondary N) is 1. The van der Waals surface area contributed by atoms with Crippen LogP contribution in [0.4, 0.5) is 5.69 Å². The van der Waals surface area contributed by atoms with Gasteiger partial charge in [0.2, 0.25) is 5.91 Å². The van der Waals surface area contributed by atoms with E-state index in [0.29, 0.717) is 30.4 Å². The Balaban J connectivity index is 2.12. The van der Waals surface area contributed by atoms with E-state index in [2.05, 4.69) is 5.32 Å². The number of methoxy groups -OCH3 is 1. The molecule has 0 aromatic heterocycles. The van der Waals surface area contributed by atoms with Gasteiger partial charge in [0.15, 0.2) is 0 Å². The van der Waals surface area contributed by atoms with Crippen LogP contribution in [0.15, 0.2) is 48.5 Å². The first-order valence-electron chi connectivity index (χ1n) is 8.19. The van der Waals surface area contributed by atoms with E-state index in [1.807, 2.05) is 44.2 Å². The summed E-state index contributed by atoms with van der Waals surface area (Å²) in [6, 6.07) is 12.8. The van der Waals surface area contributed by atoms with Crippen LogP contribution in [-0.2, 0) is 4.79 Å². The zero-order valence-corrected chi connectivity index (χ0v) is 14.7. The third-order valence-corrected chi connectivity index (χ3v) is 3.34. The number of ether oxygens (including phenoxy) is 3.